The fourth-order valence-corrected chi connectivity index (χ4v) is 4.44. The first-order valence-electron chi connectivity index (χ1n) is 11.2. The van der Waals surface area contributed by atoms with E-state index in [0.29, 0.717) is 17.5 Å². The molecule has 0 fully saturated rings. The first-order chi connectivity index (χ1) is 15.8. The highest BCUT2D eigenvalue weighted by molar-refractivity contribution is 5.87. The predicted molar refractivity (Wildman–Crippen MR) is 124 cm³/mol. The second-order valence-corrected chi connectivity index (χ2v) is 7.95. The number of carbonyl (C=O) groups is 1. The second-order valence-electron chi connectivity index (χ2n) is 7.95. The van der Waals surface area contributed by atoms with Crippen LogP contribution in [-0.2, 0) is 21.1 Å². The smallest absolute Gasteiger partial charge is 0.417 e. The van der Waals surface area contributed by atoms with Gasteiger partial charge in [0.1, 0.15) is 0 Å². The number of hydrogen-bond donors (Lipinski definition) is 0. The van der Waals surface area contributed by atoms with Crippen molar-refractivity contribution in [1.29, 1.82) is 0 Å². The van der Waals surface area contributed by atoms with E-state index in [1.165, 1.54) is 18.5 Å². The summed E-state index contributed by atoms with van der Waals surface area (Å²) in [4.78, 5) is 17.2. The fourth-order valence-electron chi connectivity index (χ4n) is 4.44. The molecule has 0 radical (unpaired) electrons. The molecule has 1 unspecified atom stereocenters. The van der Waals surface area contributed by atoms with Crippen LogP contribution in [0.15, 0.2) is 67.0 Å². The van der Waals surface area contributed by atoms with E-state index in [1.54, 1.807) is 32.0 Å². The van der Waals surface area contributed by atoms with Gasteiger partial charge in [-0.3, -0.25) is 9.78 Å². The largest absolute Gasteiger partial charge is 0.465 e. The third-order valence-electron chi connectivity index (χ3n) is 5.98. The zero-order valence-electron chi connectivity index (χ0n) is 19.1. The molecule has 6 heteroatoms. The lowest BCUT2D eigenvalue weighted by atomic mass is 9.70. The van der Waals surface area contributed by atoms with Gasteiger partial charge in [0.2, 0.25) is 0 Å². The van der Waals surface area contributed by atoms with Crippen molar-refractivity contribution in [2.75, 3.05) is 6.61 Å². The number of aromatic nitrogens is 1. The first-order valence-corrected chi connectivity index (χ1v) is 11.2. The van der Waals surface area contributed by atoms with E-state index in [9.17, 15) is 18.0 Å². The minimum Gasteiger partial charge on any atom is -0.465 e. The Bertz CT molecular complexity index is 1080. The van der Waals surface area contributed by atoms with Crippen molar-refractivity contribution in [3.63, 3.8) is 0 Å². The molecule has 1 aromatic heterocycles. The summed E-state index contributed by atoms with van der Waals surface area (Å²) in [6.07, 6.45) is -0.770. The molecule has 0 aliphatic rings. The quantitative estimate of drug-likeness (QED) is 0.331. The van der Waals surface area contributed by atoms with Crippen LogP contribution in [0.4, 0.5) is 13.2 Å². The highest BCUT2D eigenvalue weighted by Gasteiger charge is 2.47. The Morgan fingerprint density at radius 3 is 2.12 bits per heavy atom. The molecule has 3 nitrogen and oxygen atoms in total. The first kappa shape index (κ1) is 24.5. The van der Waals surface area contributed by atoms with Crippen LogP contribution >= 0.6 is 0 Å². The van der Waals surface area contributed by atoms with Gasteiger partial charge in [0.15, 0.2) is 0 Å². The topological polar surface area (TPSA) is 39.2 Å². The van der Waals surface area contributed by atoms with Crippen LogP contribution in [0.1, 0.15) is 51.2 Å². The number of hydrogen-bond acceptors (Lipinski definition) is 3. The van der Waals surface area contributed by atoms with Gasteiger partial charge in [0.25, 0.3) is 0 Å². The summed E-state index contributed by atoms with van der Waals surface area (Å²) < 4.78 is 49.5. The van der Waals surface area contributed by atoms with E-state index < -0.39 is 23.1 Å². The van der Waals surface area contributed by atoms with Crippen molar-refractivity contribution in [3.8, 4) is 22.3 Å². The Morgan fingerprint density at radius 2 is 1.58 bits per heavy atom. The number of benzene rings is 2. The van der Waals surface area contributed by atoms with E-state index in [2.05, 4.69) is 4.98 Å². The lowest BCUT2D eigenvalue weighted by molar-refractivity contribution is -0.152. The van der Waals surface area contributed by atoms with Crippen LogP contribution in [-0.4, -0.2) is 17.6 Å². The maximum absolute atomic E-state index is 14.7. The molecule has 0 saturated carbocycles. The van der Waals surface area contributed by atoms with Gasteiger partial charge in [-0.15, -0.1) is 0 Å². The summed E-state index contributed by atoms with van der Waals surface area (Å²) in [5, 5.41) is 0. The minimum atomic E-state index is -4.68. The molecule has 1 atom stereocenters. The van der Waals surface area contributed by atoms with Crippen LogP contribution in [0.3, 0.4) is 0 Å². The van der Waals surface area contributed by atoms with Gasteiger partial charge in [0, 0.05) is 12.4 Å². The summed E-state index contributed by atoms with van der Waals surface area (Å²) in [5.41, 5.74) is -0.442. The molecule has 0 saturated heterocycles. The van der Waals surface area contributed by atoms with Gasteiger partial charge in [-0.05, 0) is 71.8 Å². The molecule has 0 spiro atoms. The van der Waals surface area contributed by atoms with Gasteiger partial charge in [-0.25, -0.2) is 0 Å². The van der Waals surface area contributed by atoms with Crippen LogP contribution in [0.2, 0.25) is 0 Å². The van der Waals surface area contributed by atoms with Crippen LogP contribution < -0.4 is 0 Å². The van der Waals surface area contributed by atoms with Crippen molar-refractivity contribution in [3.05, 3.63) is 78.1 Å². The van der Waals surface area contributed by atoms with Crippen molar-refractivity contribution < 1.29 is 22.7 Å². The van der Waals surface area contributed by atoms with Crippen LogP contribution in [0, 0.1) is 0 Å². The van der Waals surface area contributed by atoms with Gasteiger partial charge in [-0.2, -0.15) is 13.2 Å². The van der Waals surface area contributed by atoms with Crippen molar-refractivity contribution in [2.45, 2.75) is 51.6 Å². The third-order valence-corrected chi connectivity index (χ3v) is 5.98. The molecule has 3 rings (SSSR count). The molecular weight excluding hydrogens is 427 g/mol. The monoisotopic (exact) mass is 455 g/mol. The summed E-state index contributed by atoms with van der Waals surface area (Å²) in [6.45, 7) is 5.37. The van der Waals surface area contributed by atoms with Gasteiger partial charge in [0.05, 0.1) is 17.6 Å². The Morgan fingerprint density at radius 1 is 0.909 bits per heavy atom. The van der Waals surface area contributed by atoms with E-state index in [4.69, 9.17) is 4.74 Å². The van der Waals surface area contributed by atoms with E-state index in [-0.39, 0.29) is 30.6 Å². The van der Waals surface area contributed by atoms with Crippen molar-refractivity contribution in [2.24, 2.45) is 0 Å². The number of alkyl halides is 3. The predicted octanol–water partition coefficient (Wildman–Crippen LogP) is 7.45. The maximum Gasteiger partial charge on any atom is 0.417 e. The molecule has 33 heavy (non-hydrogen) atoms. The molecule has 0 N–H and O–H groups in total. The van der Waals surface area contributed by atoms with Crippen LogP contribution in [0.25, 0.3) is 22.3 Å². The van der Waals surface area contributed by atoms with E-state index in [0.717, 1.165) is 5.56 Å². The number of esters is 1. The van der Waals surface area contributed by atoms with Crippen molar-refractivity contribution in [1.82, 2.24) is 4.98 Å². The lowest BCUT2D eigenvalue weighted by Crippen LogP contribution is -2.39. The zero-order chi connectivity index (χ0) is 24.1. The van der Waals surface area contributed by atoms with Crippen molar-refractivity contribution >= 4 is 5.97 Å². The molecule has 174 valence electrons. The Balaban J connectivity index is 2.48. The fraction of sp³-hybridized carbons (Fsp3) is 0.333. The summed E-state index contributed by atoms with van der Waals surface area (Å²) in [6, 6.07) is 15.4. The SMILES string of the molecule is CCCC(CC)(C(=O)OCC)c1cc(-c2ccccc2)cc(-c2ccncc2)c1C(F)(F)F. The Hall–Kier alpha value is -3.15. The third kappa shape index (κ3) is 4.95. The normalized spacial score (nSPS) is 13.4. The Kier molecular flexibility index (Phi) is 7.57. The highest BCUT2D eigenvalue weighted by atomic mass is 19.4. The second kappa shape index (κ2) is 10.2. The zero-order valence-corrected chi connectivity index (χ0v) is 19.1. The molecule has 0 aliphatic heterocycles. The van der Waals surface area contributed by atoms with Gasteiger partial charge >= 0.3 is 12.1 Å². The van der Waals surface area contributed by atoms with E-state index >= 15 is 0 Å². The lowest BCUT2D eigenvalue weighted by Gasteiger charge is -2.34. The molecular formula is C27H28F3NO2. The number of rotatable bonds is 8. The van der Waals surface area contributed by atoms with Gasteiger partial charge < -0.3 is 4.74 Å². The maximum atomic E-state index is 14.7. The Labute approximate surface area is 192 Å². The number of pyridine rings is 1. The molecule has 2 aromatic carbocycles. The number of nitrogens with zero attached hydrogens (tertiary/aromatic N) is 1. The highest BCUT2D eigenvalue weighted by Crippen LogP contribution is 2.48. The molecule has 3 aromatic rings. The van der Waals surface area contributed by atoms with Crippen LogP contribution in [0.5, 0.6) is 0 Å². The van der Waals surface area contributed by atoms with Gasteiger partial charge in [-0.1, -0.05) is 50.6 Å². The summed E-state index contributed by atoms with van der Waals surface area (Å²) in [7, 11) is 0. The van der Waals surface area contributed by atoms with E-state index in [1.807, 2.05) is 37.3 Å². The molecule has 0 aliphatic carbocycles. The summed E-state index contributed by atoms with van der Waals surface area (Å²) >= 11 is 0. The molecule has 0 amide bonds. The minimum absolute atomic E-state index is 0.0273. The number of carbonyl (C=O) groups excluding carboxylic acids is 1. The number of ether oxygens (including phenoxy) is 1. The average molecular weight is 456 g/mol. The average Bonchev–Trinajstić information content (AvgIpc) is 2.82. The number of halogens is 3. The standard InChI is InChI=1S/C27H28F3NO2/c1-4-14-26(5-2,25(32)33-6-3)23-18-21(19-10-8-7-9-11-19)17-22(24(23)27(28,29)30)20-12-15-31-16-13-20/h7-13,15-18H,4-6,14H2,1-3H3. The molecule has 1 heterocycles. The molecule has 0 bridgehead atoms. The summed E-state index contributed by atoms with van der Waals surface area (Å²) in [5.74, 6) is -0.620.